The number of amides is 4. The van der Waals surface area contributed by atoms with Crippen molar-refractivity contribution in [2.75, 3.05) is 37.4 Å². The van der Waals surface area contributed by atoms with Crippen LogP contribution in [0.5, 0.6) is 0 Å². The number of aryl methyl sites for hydroxylation is 1. The van der Waals surface area contributed by atoms with Crippen molar-refractivity contribution in [2.45, 2.75) is 36.9 Å². The van der Waals surface area contributed by atoms with E-state index in [9.17, 15) is 19.5 Å². The molecule has 0 aliphatic carbocycles. The molecule has 47 heavy (non-hydrogen) atoms. The van der Waals surface area contributed by atoms with Crippen LogP contribution in [0, 0.1) is 0 Å². The third-order valence-electron chi connectivity index (χ3n) is 8.12. The van der Waals surface area contributed by atoms with Crippen molar-refractivity contribution < 1.29 is 24.2 Å². The van der Waals surface area contributed by atoms with Gasteiger partial charge in [-0.1, -0.05) is 78.9 Å². The number of para-hydroxylation sites is 1. The molecule has 0 saturated carbocycles. The zero-order valence-corrected chi connectivity index (χ0v) is 26.1. The van der Waals surface area contributed by atoms with Crippen molar-refractivity contribution >= 4 is 29.5 Å². The summed E-state index contributed by atoms with van der Waals surface area (Å²) >= 11 is 0. The van der Waals surface area contributed by atoms with Gasteiger partial charge in [-0.15, -0.1) is 5.10 Å². The molecule has 1 aliphatic rings. The highest BCUT2D eigenvalue weighted by Crippen LogP contribution is 2.32. The first-order valence-electron chi connectivity index (χ1n) is 15.5. The van der Waals surface area contributed by atoms with E-state index in [1.165, 1.54) is 13.2 Å². The third kappa shape index (κ3) is 9.12. The molecule has 4 amide bonds. The minimum absolute atomic E-state index is 0.0456. The lowest BCUT2D eigenvalue weighted by molar-refractivity contribution is -0.120. The molecule has 0 bridgehead atoms. The molecule has 12 heteroatoms. The van der Waals surface area contributed by atoms with E-state index in [4.69, 9.17) is 4.74 Å². The lowest BCUT2D eigenvalue weighted by Crippen LogP contribution is -2.52. The second kappa shape index (κ2) is 16.3. The van der Waals surface area contributed by atoms with Gasteiger partial charge in [0, 0.05) is 44.0 Å². The van der Waals surface area contributed by atoms with Gasteiger partial charge < -0.3 is 25.8 Å². The number of rotatable bonds is 12. The molecule has 5 N–H and O–H groups in total. The smallest absolute Gasteiger partial charge is 0.407 e. The van der Waals surface area contributed by atoms with E-state index in [-0.39, 0.29) is 18.2 Å². The number of likely N-dealkylation sites (N-methyl/N-ethyl adjacent to an activating group) is 1. The van der Waals surface area contributed by atoms with Gasteiger partial charge in [-0.05, 0) is 47.7 Å². The Bertz CT molecular complexity index is 1560. The largest absolute Gasteiger partial charge is 0.465 e. The second-order valence-electron chi connectivity index (χ2n) is 11.3. The minimum atomic E-state index is -1.20. The number of hydrogen-bond acceptors (Lipinski definition) is 7. The molecule has 244 valence electrons. The number of benzene rings is 3. The fraction of sp³-hybridized carbons (Fsp3) is 0.286. The molecule has 1 aromatic heterocycles. The number of urea groups is 1. The first kappa shape index (κ1) is 33.0. The highest BCUT2D eigenvalue weighted by molar-refractivity contribution is 5.98. The van der Waals surface area contributed by atoms with Crippen LogP contribution in [0.3, 0.4) is 0 Å². The number of hydrogen-bond donors (Lipinski definition) is 5. The summed E-state index contributed by atoms with van der Waals surface area (Å²) in [5, 5.41) is 29.5. The Morgan fingerprint density at radius 1 is 0.936 bits per heavy atom. The summed E-state index contributed by atoms with van der Waals surface area (Å²) in [6, 6.07) is 28.4. The maximum atomic E-state index is 14.1. The van der Waals surface area contributed by atoms with Crippen LogP contribution in [-0.2, 0) is 16.0 Å². The van der Waals surface area contributed by atoms with Crippen molar-refractivity contribution in [1.29, 1.82) is 0 Å². The molecule has 0 unspecified atom stereocenters. The van der Waals surface area contributed by atoms with E-state index in [1.54, 1.807) is 12.1 Å². The molecule has 1 saturated heterocycles. The standard InChI is InChI=1S/C35H39N7O5/c1-42(35(45)46)32(31(25-12-4-2-5-13-25)26-14-6-3-7-15-26)33(43)39-29-16-9-8-11-24(29)18-19-28-22-36-27(23-47-28)21-37-34(44)40-30-17-10-20-38-41-30/h2-17,20,27-28,31-32,36H,18-19,21-23H2,1H3,(H,39,43)(H,45,46)(H2,37,40,41,44)/t27-,28-,32+/m1/s1. The van der Waals surface area contributed by atoms with Gasteiger partial charge in [0.25, 0.3) is 0 Å². The van der Waals surface area contributed by atoms with Crippen LogP contribution in [0.4, 0.5) is 21.1 Å². The summed E-state index contributed by atoms with van der Waals surface area (Å²) in [5.41, 5.74) is 3.21. The molecule has 1 aliphatic heterocycles. The van der Waals surface area contributed by atoms with E-state index in [2.05, 4.69) is 31.5 Å². The Morgan fingerprint density at radius 3 is 2.23 bits per heavy atom. The number of carbonyl (C=O) groups excluding carboxylic acids is 2. The quantitative estimate of drug-likeness (QED) is 0.154. The monoisotopic (exact) mass is 637 g/mol. The van der Waals surface area contributed by atoms with Gasteiger partial charge in [0.15, 0.2) is 5.82 Å². The van der Waals surface area contributed by atoms with Gasteiger partial charge in [0.2, 0.25) is 5.91 Å². The molecule has 3 aromatic carbocycles. The van der Waals surface area contributed by atoms with E-state index in [1.807, 2.05) is 84.9 Å². The average molecular weight is 638 g/mol. The zero-order chi connectivity index (χ0) is 33.0. The summed E-state index contributed by atoms with van der Waals surface area (Å²) in [4.78, 5) is 39.6. The molecule has 3 atom stereocenters. The van der Waals surface area contributed by atoms with Gasteiger partial charge in [0.1, 0.15) is 6.04 Å². The number of ether oxygens (including phenoxy) is 1. The molecular weight excluding hydrogens is 598 g/mol. The highest BCUT2D eigenvalue weighted by Gasteiger charge is 2.37. The molecule has 4 aromatic rings. The molecule has 5 rings (SSSR count). The predicted octanol–water partition coefficient (Wildman–Crippen LogP) is 4.34. The van der Waals surface area contributed by atoms with Gasteiger partial charge in [-0.2, -0.15) is 5.10 Å². The molecule has 1 fully saturated rings. The first-order chi connectivity index (χ1) is 22.9. The number of carboxylic acid groups (broad SMARTS) is 1. The average Bonchev–Trinajstić information content (AvgIpc) is 3.10. The minimum Gasteiger partial charge on any atom is -0.465 e. The normalized spacial score (nSPS) is 16.6. The molecule has 12 nitrogen and oxygen atoms in total. The van der Waals surface area contributed by atoms with Crippen LogP contribution < -0.4 is 21.3 Å². The SMILES string of the molecule is CN(C(=O)O)[C@H](C(=O)Nc1ccccc1CC[C@@H]1CN[C@H](CNC(=O)Nc2cccnn2)CO1)C(c1ccccc1)c1ccccc1. The Labute approximate surface area is 273 Å². The topological polar surface area (TPSA) is 158 Å². The molecule has 0 spiro atoms. The number of carbonyl (C=O) groups is 3. The van der Waals surface area contributed by atoms with Crippen LogP contribution in [0.1, 0.15) is 29.0 Å². The van der Waals surface area contributed by atoms with Crippen LogP contribution in [0.25, 0.3) is 0 Å². The van der Waals surface area contributed by atoms with Crippen LogP contribution in [0.15, 0.2) is 103 Å². The molecule has 0 radical (unpaired) electrons. The third-order valence-corrected chi connectivity index (χ3v) is 8.12. The van der Waals surface area contributed by atoms with Crippen molar-refractivity contribution in [1.82, 2.24) is 25.7 Å². The van der Waals surface area contributed by atoms with Gasteiger partial charge >= 0.3 is 12.1 Å². The van der Waals surface area contributed by atoms with Crippen LogP contribution in [0.2, 0.25) is 0 Å². The van der Waals surface area contributed by atoms with Crippen molar-refractivity contribution in [3.05, 3.63) is 120 Å². The lowest BCUT2D eigenvalue weighted by Gasteiger charge is -2.33. The number of aromatic nitrogens is 2. The van der Waals surface area contributed by atoms with E-state index in [0.717, 1.165) is 21.6 Å². The van der Waals surface area contributed by atoms with Crippen LogP contribution in [-0.4, -0.2) is 83.2 Å². The van der Waals surface area contributed by atoms with Crippen molar-refractivity contribution in [2.24, 2.45) is 0 Å². The Morgan fingerprint density at radius 2 is 1.62 bits per heavy atom. The summed E-state index contributed by atoms with van der Waals surface area (Å²) in [7, 11) is 1.43. The second-order valence-corrected chi connectivity index (χ2v) is 11.3. The summed E-state index contributed by atoms with van der Waals surface area (Å²) < 4.78 is 6.09. The Kier molecular flexibility index (Phi) is 11.5. The van der Waals surface area contributed by atoms with E-state index < -0.39 is 24.0 Å². The van der Waals surface area contributed by atoms with Gasteiger partial charge in [-0.3, -0.25) is 15.0 Å². The lowest BCUT2D eigenvalue weighted by atomic mass is 9.84. The first-order valence-corrected chi connectivity index (χ1v) is 15.5. The Balaban J connectivity index is 1.20. The maximum absolute atomic E-state index is 14.1. The van der Waals surface area contributed by atoms with Crippen molar-refractivity contribution in [3.63, 3.8) is 0 Å². The zero-order valence-electron chi connectivity index (χ0n) is 26.1. The Hall–Kier alpha value is -5.33. The predicted molar refractivity (Wildman–Crippen MR) is 178 cm³/mol. The van der Waals surface area contributed by atoms with Crippen LogP contribution >= 0.6 is 0 Å². The van der Waals surface area contributed by atoms with Gasteiger partial charge in [-0.25, -0.2) is 9.59 Å². The molecular formula is C35H39N7O5. The number of nitrogens with one attached hydrogen (secondary N) is 4. The summed E-state index contributed by atoms with van der Waals surface area (Å²) in [6.07, 6.45) is 1.60. The van der Waals surface area contributed by atoms with Crippen molar-refractivity contribution in [3.8, 4) is 0 Å². The fourth-order valence-corrected chi connectivity index (χ4v) is 5.66. The number of anilines is 2. The highest BCUT2D eigenvalue weighted by atomic mass is 16.5. The summed E-state index contributed by atoms with van der Waals surface area (Å²) in [6.45, 7) is 1.42. The molecule has 2 heterocycles. The number of morpholine rings is 1. The summed E-state index contributed by atoms with van der Waals surface area (Å²) in [5.74, 6) is -0.590. The maximum Gasteiger partial charge on any atom is 0.407 e. The van der Waals surface area contributed by atoms with E-state index >= 15 is 0 Å². The number of nitrogens with zero attached hydrogens (tertiary/aromatic N) is 3. The van der Waals surface area contributed by atoms with E-state index in [0.29, 0.717) is 44.0 Å². The van der Waals surface area contributed by atoms with Gasteiger partial charge in [0.05, 0.1) is 12.7 Å². The fourth-order valence-electron chi connectivity index (χ4n) is 5.66.